The van der Waals surface area contributed by atoms with Gasteiger partial charge in [-0.3, -0.25) is 9.36 Å². The molecule has 0 spiro atoms. The van der Waals surface area contributed by atoms with Gasteiger partial charge in [0.1, 0.15) is 0 Å². The summed E-state index contributed by atoms with van der Waals surface area (Å²) < 4.78 is 35.8. The predicted octanol–water partition coefficient (Wildman–Crippen LogP) is 0.303. The fourth-order valence-corrected chi connectivity index (χ4v) is 5.05. The van der Waals surface area contributed by atoms with Crippen molar-refractivity contribution < 1.29 is 12.9 Å². The van der Waals surface area contributed by atoms with Crippen LogP contribution in [0, 0.1) is 6.92 Å². The minimum atomic E-state index is -4.23. The van der Waals surface area contributed by atoms with E-state index in [-0.39, 0.29) is 5.82 Å². The molecule has 1 aliphatic carbocycles. The number of hydrogen-bond acceptors (Lipinski definition) is 7. The van der Waals surface area contributed by atoms with E-state index in [1.165, 1.54) is 14.1 Å². The maximum Gasteiger partial charge on any atom is 0.330 e. The van der Waals surface area contributed by atoms with E-state index >= 15 is 0 Å². The van der Waals surface area contributed by atoms with Crippen LogP contribution in [-0.4, -0.2) is 27.7 Å². The number of nitrogens with one attached hydrogen (secondary N) is 1. The highest BCUT2D eigenvalue weighted by molar-refractivity contribution is 7.89. The van der Waals surface area contributed by atoms with E-state index < -0.39 is 31.7 Å². The number of aromatic nitrogens is 4. The minimum absolute atomic E-state index is 0.270. The number of sulfonamides is 1. The fraction of sp³-hybridized carbons (Fsp3) is 0.625. The minimum Gasteiger partial charge on any atom is -0.340 e. The molecule has 11 heteroatoms. The van der Waals surface area contributed by atoms with E-state index in [0.29, 0.717) is 18.7 Å². The Labute approximate surface area is 156 Å². The topological polar surface area (TPSA) is 129 Å². The quantitative estimate of drug-likeness (QED) is 0.735. The van der Waals surface area contributed by atoms with E-state index in [1.807, 2.05) is 0 Å². The molecule has 1 N–H and O–H groups in total. The number of rotatable bonds is 4. The molecule has 0 saturated heterocycles. The molecule has 0 unspecified atom stereocenters. The van der Waals surface area contributed by atoms with Gasteiger partial charge < -0.3 is 9.09 Å². The normalized spacial score (nSPS) is 17.6. The Morgan fingerprint density at radius 2 is 1.78 bits per heavy atom. The molecule has 27 heavy (non-hydrogen) atoms. The van der Waals surface area contributed by atoms with E-state index in [1.54, 1.807) is 6.92 Å². The summed E-state index contributed by atoms with van der Waals surface area (Å²) in [6.45, 7) is 1.64. The van der Waals surface area contributed by atoms with Gasteiger partial charge in [-0.15, -0.1) is 0 Å². The van der Waals surface area contributed by atoms with E-state index in [9.17, 15) is 18.0 Å². The van der Waals surface area contributed by atoms with Crippen LogP contribution in [0.1, 0.15) is 50.2 Å². The summed E-state index contributed by atoms with van der Waals surface area (Å²) in [6, 6.07) is 0. The Balaban J connectivity index is 2.11. The summed E-state index contributed by atoms with van der Waals surface area (Å²) in [4.78, 5) is 28.1. The zero-order chi connectivity index (χ0) is 19.8. The zero-order valence-corrected chi connectivity index (χ0v) is 16.4. The van der Waals surface area contributed by atoms with Crippen LogP contribution in [0.4, 0.5) is 0 Å². The lowest BCUT2D eigenvalue weighted by molar-refractivity contribution is 0.301. The summed E-state index contributed by atoms with van der Waals surface area (Å²) in [5.41, 5.74) is -2.53. The Hall–Kier alpha value is -2.27. The van der Waals surface area contributed by atoms with Gasteiger partial charge >= 0.3 is 5.69 Å². The smallest absolute Gasteiger partial charge is 0.330 e. The molecule has 3 rings (SSSR count). The molecule has 1 saturated carbocycles. The molecule has 0 bridgehead atoms. The molecular weight excluding hydrogens is 374 g/mol. The van der Waals surface area contributed by atoms with Gasteiger partial charge in [-0.1, -0.05) is 30.8 Å². The molecule has 0 aliphatic heterocycles. The first-order chi connectivity index (χ1) is 12.7. The molecule has 2 aromatic heterocycles. The molecule has 1 aliphatic rings. The number of aryl methyl sites for hydroxylation is 2. The number of hydrogen-bond donors (Lipinski definition) is 1. The Morgan fingerprint density at radius 3 is 2.33 bits per heavy atom. The number of nitrogens with zero attached hydrogens (tertiary/aromatic N) is 4. The van der Waals surface area contributed by atoms with Crippen LogP contribution in [0.3, 0.4) is 0 Å². The molecule has 2 aromatic rings. The van der Waals surface area contributed by atoms with Crippen molar-refractivity contribution in [1.82, 2.24) is 24.0 Å². The van der Waals surface area contributed by atoms with Crippen molar-refractivity contribution in [2.75, 3.05) is 0 Å². The second-order valence-corrected chi connectivity index (χ2v) is 8.64. The van der Waals surface area contributed by atoms with Gasteiger partial charge in [0.05, 0.1) is 5.54 Å². The molecule has 1 fully saturated rings. The summed E-state index contributed by atoms with van der Waals surface area (Å²) >= 11 is 0. The zero-order valence-electron chi connectivity index (χ0n) is 15.6. The molecule has 0 atom stereocenters. The largest absolute Gasteiger partial charge is 0.340 e. The Kier molecular flexibility index (Phi) is 5.08. The summed E-state index contributed by atoms with van der Waals surface area (Å²) in [5, 5.41) is 3.95. The molecule has 0 radical (unpaired) electrons. The molecule has 10 nitrogen and oxygen atoms in total. The van der Waals surface area contributed by atoms with Gasteiger partial charge in [-0.05, 0) is 12.8 Å². The van der Waals surface area contributed by atoms with E-state index in [0.717, 1.165) is 41.0 Å². The van der Waals surface area contributed by atoms with Crippen molar-refractivity contribution >= 4 is 10.0 Å². The van der Waals surface area contributed by atoms with Crippen molar-refractivity contribution in [3.63, 3.8) is 0 Å². The predicted molar refractivity (Wildman–Crippen MR) is 95.7 cm³/mol. The van der Waals surface area contributed by atoms with E-state index in [4.69, 9.17) is 4.52 Å². The first-order valence-electron chi connectivity index (χ1n) is 8.78. The third kappa shape index (κ3) is 3.61. The molecule has 0 aromatic carbocycles. The van der Waals surface area contributed by atoms with Gasteiger partial charge in [-0.25, -0.2) is 13.2 Å². The lowest BCUT2D eigenvalue weighted by atomic mass is 9.91. The highest BCUT2D eigenvalue weighted by Crippen LogP contribution is 2.35. The highest BCUT2D eigenvalue weighted by Gasteiger charge is 2.42. The van der Waals surface area contributed by atoms with Gasteiger partial charge in [0, 0.05) is 27.2 Å². The van der Waals surface area contributed by atoms with Gasteiger partial charge in [0.2, 0.25) is 15.9 Å². The molecule has 2 heterocycles. The third-order valence-electron chi connectivity index (χ3n) is 4.95. The lowest BCUT2D eigenvalue weighted by Gasteiger charge is -2.30. The van der Waals surface area contributed by atoms with Crippen LogP contribution >= 0.6 is 0 Å². The third-order valence-corrected chi connectivity index (χ3v) is 6.47. The van der Waals surface area contributed by atoms with Crippen molar-refractivity contribution in [2.24, 2.45) is 14.1 Å². The van der Waals surface area contributed by atoms with Gasteiger partial charge in [0.15, 0.2) is 10.7 Å². The summed E-state index contributed by atoms with van der Waals surface area (Å²) in [5.74, 6) is 0.609. The second-order valence-electron chi connectivity index (χ2n) is 6.99. The average Bonchev–Trinajstić information content (AvgIpc) is 2.92. The van der Waals surface area contributed by atoms with Crippen molar-refractivity contribution in [3.05, 3.63) is 38.8 Å². The first kappa shape index (κ1) is 19.5. The van der Waals surface area contributed by atoms with E-state index in [2.05, 4.69) is 14.9 Å². The maximum atomic E-state index is 13.1. The van der Waals surface area contributed by atoms with Crippen molar-refractivity contribution in [1.29, 1.82) is 0 Å². The highest BCUT2D eigenvalue weighted by atomic mass is 32.2. The fourth-order valence-electron chi connectivity index (χ4n) is 3.47. The molecule has 0 amide bonds. The molecule has 148 valence electrons. The monoisotopic (exact) mass is 397 g/mol. The maximum absolute atomic E-state index is 13.1. The summed E-state index contributed by atoms with van der Waals surface area (Å²) in [6.07, 6.45) is 5.57. The van der Waals surface area contributed by atoms with Crippen LogP contribution in [0.2, 0.25) is 0 Å². The Morgan fingerprint density at radius 1 is 1.15 bits per heavy atom. The van der Waals surface area contributed by atoms with Crippen molar-refractivity contribution in [3.8, 4) is 0 Å². The van der Waals surface area contributed by atoms with Crippen LogP contribution in [0.5, 0.6) is 0 Å². The second kappa shape index (κ2) is 7.04. The van der Waals surface area contributed by atoms with Crippen LogP contribution < -0.4 is 16.0 Å². The Bertz CT molecular complexity index is 1060. The van der Waals surface area contributed by atoms with Gasteiger partial charge in [0.25, 0.3) is 5.56 Å². The van der Waals surface area contributed by atoms with Gasteiger partial charge in [-0.2, -0.15) is 9.71 Å². The first-order valence-corrected chi connectivity index (χ1v) is 10.3. The average molecular weight is 397 g/mol. The van der Waals surface area contributed by atoms with Crippen LogP contribution in [0.15, 0.2) is 25.2 Å². The van der Waals surface area contributed by atoms with Crippen molar-refractivity contribution in [2.45, 2.75) is 55.9 Å². The standard InChI is InChI=1S/C16H23N5O5S/c1-11-17-14(18-26-11)16(8-6-4-5-7-9-16)19-27(24,25)12-10-20(2)15(23)21(3)13(12)22/h10,19H,4-9H2,1-3H3. The SMILES string of the molecule is Cc1nc(C2(NS(=O)(=O)c3cn(C)c(=O)n(C)c3=O)CCCCCC2)no1. The molecular formula is C16H23N5O5S. The lowest BCUT2D eigenvalue weighted by Crippen LogP contribution is -2.49. The van der Waals surface area contributed by atoms with Crippen LogP contribution in [0.25, 0.3) is 0 Å². The summed E-state index contributed by atoms with van der Waals surface area (Å²) in [7, 11) is -1.59. The van der Waals surface area contributed by atoms with Crippen LogP contribution in [-0.2, 0) is 29.7 Å².